The molecule has 1 aromatic heterocycles. The van der Waals surface area contributed by atoms with Gasteiger partial charge in [-0.1, -0.05) is 19.1 Å². The van der Waals surface area contributed by atoms with Crippen molar-refractivity contribution in [3.63, 3.8) is 0 Å². The summed E-state index contributed by atoms with van der Waals surface area (Å²) in [5.74, 6) is -0.279. The van der Waals surface area contributed by atoms with Crippen LogP contribution in [-0.4, -0.2) is 49.3 Å². The molecule has 0 aliphatic heterocycles. The Morgan fingerprint density at radius 1 is 1.12 bits per heavy atom. The number of benzene rings is 1. The zero-order valence-corrected chi connectivity index (χ0v) is 14.6. The van der Waals surface area contributed by atoms with E-state index in [2.05, 4.69) is 14.7 Å². The highest BCUT2D eigenvalue weighted by Gasteiger charge is 2.25. The predicted molar refractivity (Wildman–Crippen MR) is 90.6 cm³/mol. The maximum atomic E-state index is 12.5. The molecule has 1 N–H and O–H groups in total. The van der Waals surface area contributed by atoms with Gasteiger partial charge >= 0.3 is 0 Å². The maximum absolute atomic E-state index is 12.5. The van der Waals surface area contributed by atoms with Crippen molar-refractivity contribution < 1.29 is 13.2 Å². The topological polar surface area (TPSA) is 92.3 Å². The van der Waals surface area contributed by atoms with E-state index in [1.54, 1.807) is 45.5 Å². The minimum absolute atomic E-state index is 0.105. The summed E-state index contributed by atoms with van der Waals surface area (Å²) in [5.41, 5.74) is 1.61. The molecule has 1 atom stereocenters. The average Bonchev–Trinajstić information content (AvgIpc) is 2.60. The Kier molecular flexibility index (Phi) is 5.63. The number of hydrogen-bond acceptors (Lipinski definition) is 5. The third kappa shape index (κ3) is 4.15. The van der Waals surface area contributed by atoms with Crippen LogP contribution in [0.3, 0.4) is 0 Å². The molecule has 0 fully saturated rings. The number of aromatic nitrogens is 2. The Labute approximate surface area is 141 Å². The molecular weight excluding hydrogens is 328 g/mol. The molecule has 1 amide bonds. The molecule has 1 aromatic carbocycles. The predicted octanol–water partition coefficient (Wildman–Crippen LogP) is 1.29. The molecule has 24 heavy (non-hydrogen) atoms. The first-order valence-electron chi connectivity index (χ1n) is 7.44. The van der Waals surface area contributed by atoms with Gasteiger partial charge in [0.05, 0.1) is 4.90 Å². The van der Waals surface area contributed by atoms with Gasteiger partial charge in [0.25, 0.3) is 0 Å². The molecule has 1 unspecified atom stereocenters. The van der Waals surface area contributed by atoms with Crippen LogP contribution in [-0.2, 0) is 14.8 Å². The summed E-state index contributed by atoms with van der Waals surface area (Å²) in [4.78, 5) is 21.4. The third-order valence-electron chi connectivity index (χ3n) is 3.50. The van der Waals surface area contributed by atoms with Gasteiger partial charge in [0.2, 0.25) is 15.9 Å². The van der Waals surface area contributed by atoms with Gasteiger partial charge in [-0.2, -0.15) is 4.72 Å². The summed E-state index contributed by atoms with van der Waals surface area (Å²) in [6.45, 7) is 1.76. The second kappa shape index (κ2) is 7.50. The van der Waals surface area contributed by atoms with Crippen LogP contribution in [0.4, 0.5) is 0 Å². The first kappa shape index (κ1) is 18.0. The van der Waals surface area contributed by atoms with E-state index in [1.165, 1.54) is 23.4 Å². The number of sulfonamides is 1. The highest BCUT2D eigenvalue weighted by molar-refractivity contribution is 7.89. The first-order valence-corrected chi connectivity index (χ1v) is 8.92. The number of nitrogens with zero attached hydrogens (tertiary/aromatic N) is 3. The van der Waals surface area contributed by atoms with Crippen molar-refractivity contribution in [3.05, 3.63) is 43.0 Å². The van der Waals surface area contributed by atoms with Crippen molar-refractivity contribution in [3.8, 4) is 11.1 Å². The standard InChI is InChI=1S/C16H20N4O3S/c1-4-15(16(21)20(2)3)19-24(22,23)14-7-5-12(6-8-14)13-9-17-11-18-10-13/h5-11,15,19H,4H2,1-3H3. The molecule has 0 aliphatic rings. The van der Waals surface area contributed by atoms with Crippen molar-refractivity contribution in [1.82, 2.24) is 19.6 Å². The molecule has 7 nitrogen and oxygen atoms in total. The van der Waals surface area contributed by atoms with Crippen molar-refractivity contribution >= 4 is 15.9 Å². The summed E-state index contributed by atoms with van der Waals surface area (Å²) < 4.78 is 27.4. The van der Waals surface area contributed by atoms with Crippen molar-refractivity contribution in [1.29, 1.82) is 0 Å². The minimum atomic E-state index is -3.78. The summed E-state index contributed by atoms with van der Waals surface area (Å²) >= 11 is 0. The zero-order valence-electron chi connectivity index (χ0n) is 13.8. The fraction of sp³-hybridized carbons (Fsp3) is 0.312. The van der Waals surface area contributed by atoms with Crippen molar-refractivity contribution in [2.24, 2.45) is 0 Å². The highest BCUT2D eigenvalue weighted by atomic mass is 32.2. The number of likely N-dealkylation sites (N-methyl/N-ethyl adjacent to an activating group) is 1. The molecule has 0 saturated heterocycles. The molecule has 0 bridgehead atoms. The van der Waals surface area contributed by atoms with Crippen LogP contribution in [0.15, 0.2) is 47.9 Å². The van der Waals surface area contributed by atoms with E-state index < -0.39 is 16.1 Å². The van der Waals surface area contributed by atoms with Crippen LogP contribution in [0.1, 0.15) is 13.3 Å². The minimum Gasteiger partial charge on any atom is -0.347 e. The Morgan fingerprint density at radius 2 is 1.71 bits per heavy atom. The summed E-state index contributed by atoms with van der Waals surface area (Å²) in [7, 11) is -0.591. The van der Waals surface area contributed by atoms with Gasteiger partial charge in [0.15, 0.2) is 0 Å². The van der Waals surface area contributed by atoms with Gasteiger partial charge in [-0.05, 0) is 24.1 Å². The lowest BCUT2D eigenvalue weighted by Gasteiger charge is -2.20. The fourth-order valence-electron chi connectivity index (χ4n) is 2.15. The summed E-state index contributed by atoms with van der Waals surface area (Å²) in [6, 6.07) is 5.58. The average molecular weight is 348 g/mol. The SMILES string of the molecule is CCC(NS(=O)(=O)c1ccc(-c2cncnc2)cc1)C(=O)N(C)C. The Morgan fingerprint density at radius 3 is 2.21 bits per heavy atom. The molecule has 0 saturated carbocycles. The number of carbonyl (C=O) groups is 1. The molecule has 0 radical (unpaired) electrons. The van der Waals surface area contributed by atoms with Gasteiger partial charge in [-0.3, -0.25) is 4.79 Å². The third-order valence-corrected chi connectivity index (χ3v) is 4.99. The summed E-state index contributed by atoms with van der Waals surface area (Å²) in [5, 5.41) is 0. The van der Waals surface area contributed by atoms with E-state index in [0.717, 1.165) is 11.1 Å². The molecule has 0 aliphatic carbocycles. The number of carbonyl (C=O) groups excluding carboxylic acids is 1. The Bertz CT molecular complexity index is 790. The van der Waals surface area contributed by atoms with Crippen molar-refractivity contribution in [2.45, 2.75) is 24.3 Å². The van der Waals surface area contributed by atoms with Crippen LogP contribution < -0.4 is 4.72 Å². The van der Waals surface area contributed by atoms with E-state index in [9.17, 15) is 13.2 Å². The first-order chi connectivity index (χ1) is 11.3. The molecule has 2 aromatic rings. The number of hydrogen-bond donors (Lipinski definition) is 1. The van der Waals surface area contributed by atoms with E-state index in [1.807, 2.05) is 0 Å². The second-order valence-corrected chi connectivity index (χ2v) is 7.18. The van der Waals surface area contributed by atoms with Gasteiger partial charge in [0.1, 0.15) is 12.4 Å². The van der Waals surface area contributed by atoms with Gasteiger partial charge in [-0.25, -0.2) is 18.4 Å². The van der Waals surface area contributed by atoms with E-state index in [-0.39, 0.29) is 10.8 Å². The fourth-order valence-corrected chi connectivity index (χ4v) is 3.42. The van der Waals surface area contributed by atoms with Crippen LogP contribution in [0.25, 0.3) is 11.1 Å². The lowest BCUT2D eigenvalue weighted by Crippen LogP contribution is -2.45. The monoisotopic (exact) mass is 348 g/mol. The van der Waals surface area contributed by atoms with Crippen LogP contribution in [0, 0.1) is 0 Å². The molecule has 1 heterocycles. The Hall–Kier alpha value is -2.32. The summed E-state index contributed by atoms with van der Waals surface area (Å²) in [6.07, 6.45) is 5.10. The zero-order chi connectivity index (χ0) is 17.7. The molecule has 2 rings (SSSR count). The van der Waals surface area contributed by atoms with Gasteiger partial charge < -0.3 is 4.90 Å². The Balaban J connectivity index is 2.22. The van der Waals surface area contributed by atoms with Crippen molar-refractivity contribution in [2.75, 3.05) is 14.1 Å². The highest BCUT2D eigenvalue weighted by Crippen LogP contribution is 2.20. The second-order valence-electron chi connectivity index (χ2n) is 5.47. The van der Waals surface area contributed by atoms with Crippen LogP contribution in [0.2, 0.25) is 0 Å². The number of nitrogens with one attached hydrogen (secondary N) is 1. The molecule has 0 spiro atoms. The molecule has 128 valence electrons. The van der Waals surface area contributed by atoms with E-state index >= 15 is 0 Å². The van der Waals surface area contributed by atoms with E-state index in [0.29, 0.717) is 6.42 Å². The van der Waals surface area contributed by atoms with Gasteiger partial charge in [-0.15, -0.1) is 0 Å². The number of rotatable bonds is 6. The van der Waals surface area contributed by atoms with E-state index in [4.69, 9.17) is 0 Å². The maximum Gasteiger partial charge on any atom is 0.241 e. The number of amides is 1. The lowest BCUT2D eigenvalue weighted by atomic mass is 10.1. The van der Waals surface area contributed by atoms with Gasteiger partial charge in [0, 0.05) is 32.1 Å². The largest absolute Gasteiger partial charge is 0.347 e. The normalized spacial score (nSPS) is 12.6. The quantitative estimate of drug-likeness (QED) is 0.849. The van der Waals surface area contributed by atoms with Crippen LogP contribution in [0.5, 0.6) is 0 Å². The lowest BCUT2D eigenvalue weighted by molar-refractivity contribution is -0.130. The van der Waals surface area contributed by atoms with Crippen LogP contribution >= 0.6 is 0 Å². The smallest absolute Gasteiger partial charge is 0.241 e. The molecular formula is C16H20N4O3S. The molecule has 8 heteroatoms.